The minimum atomic E-state index is -0.216. The first-order chi connectivity index (χ1) is 13.0. The van der Waals surface area contributed by atoms with Crippen molar-refractivity contribution in [2.24, 2.45) is 0 Å². The molecule has 2 heterocycles. The van der Waals surface area contributed by atoms with Gasteiger partial charge in [0.2, 0.25) is 5.91 Å². The molecule has 0 fully saturated rings. The molecule has 140 valence electrons. The molecule has 5 nitrogen and oxygen atoms in total. The van der Waals surface area contributed by atoms with Gasteiger partial charge >= 0.3 is 0 Å². The number of para-hydroxylation sites is 1. The van der Waals surface area contributed by atoms with Gasteiger partial charge in [0, 0.05) is 23.7 Å². The molecule has 0 radical (unpaired) electrons. The molecule has 7 heteroatoms. The van der Waals surface area contributed by atoms with Crippen LogP contribution in [0.3, 0.4) is 0 Å². The Morgan fingerprint density at radius 1 is 1.22 bits per heavy atom. The van der Waals surface area contributed by atoms with Gasteiger partial charge in [-0.3, -0.25) is 9.59 Å². The van der Waals surface area contributed by atoms with E-state index in [1.54, 1.807) is 18.4 Å². The maximum atomic E-state index is 12.8. The lowest BCUT2D eigenvalue weighted by Crippen LogP contribution is -2.35. The third-order valence-corrected chi connectivity index (χ3v) is 6.04. The Balaban J connectivity index is 1.68. The van der Waals surface area contributed by atoms with Crippen molar-refractivity contribution in [2.75, 3.05) is 18.9 Å². The predicted molar refractivity (Wildman–Crippen MR) is 112 cm³/mol. The van der Waals surface area contributed by atoms with Crippen LogP contribution in [0.1, 0.15) is 27.9 Å². The molecule has 3 aromatic rings. The number of nitrogens with one attached hydrogen (secondary N) is 1. The van der Waals surface area contributed by atoms with Crippen molar-refractivity contribution in [3.05, 3.63) is 57.2 Å². The van der Waals surface area contributed by atoms with Crippen molar-refractivity contribution in [3.63, 3.8) is 0 Å². The molecule has 2 aromatic heterocycles. The average molecular weight is 400 g/mol. The summed E-state index contributed by atoms with van der Waals surface area (Å²) in [4.78, 5) is 31.7. The number of anilines is 1. The lowest BCUT2D eigenvalue weighted by Gasteiger charge is -2.17. The van der Waals surface area contributed by atoms with E-state index in [0.29, 0.717) is 10.6 Å². The fourth-order valence-electron chi connectivity index (χ4n) is 2.71. The molecule has 0 unspecified atom stereocenters. The van der Waals surface area contributed by atoms with Crippen molar-refractivity contribution in [1.29, 1.82) is 0 Å². The zero-order valence-corrected chi connectivity index (χ0v) is 17.1. The van der Waals surface area contributed by atoms with Gasteiger partial charge in [-0.1, -0.05) is 25.1 Å². The number of rotatable bonds is 6. The van der Waals surface area contributed by atoms with Crippen LogP contribution in [-0.2, 0) is 11.2 Å². The second-order valence-corrected chi connectivity index (χ2v) is 7.94. The van der Waals surface area contributed by atoms with E-state index < -0.39 is 0 Å². The third-order valence-electron chi connectivity index (χ3n) is 4.16. The average Bonchev–Trinajstić information content (AvgIpc) is 3.31. The molecule has 0 atom stereocenters. The molecule has 0 spiro atoms. The van der Waals surface area contributed by atoms with Crippen LogP contribution >= 0.6 is 22.7 Å². The van der Waals surface area contributed by atoms with E-state index >= 15 is 0 Å². The first kappa shape index (κ1) is 19.3. The highest BCUT2D eigenvalue weighted by molar-refractivity contribution is 7.17. The number of thiazole rings is 1. The summed E-state index contributed by atoms with van der Waals surface area (Å²) >= 11 is 2.96. The van der Waals surface area contributed by atoms with Crippen molar-refractivity contribution >= 4 is 40.2 Å². The highest BCUT2D eigenvalue weighted by atomic mass is 32.1. The van der Waals surface area contributed by atoms with Gasteiger partial charge in [0.15, 0.2) is 0 Å². The molecular formula is C20H21N3O2S2. The number of benzene rings is 1. The minimum absolute atomic E-state index is 0.0119. The van der Waals surface area contributed by atoms with Gasteiger partial charge in [0.05, 0.1) is 12.2 Å². The first-order valence-corrected chi connectivity index (χ1v) is 10.4. The van der Waals surface area contributed by atoms with Crippen molar-refractivity contribution < 1.29 is 9.59 Å². The second kappa shape index (κ2) is 8.45. The Hall–Kier alpha value is -2.51. The number of carbonyl (C=O) groups excluding carboxylic acids is 2. The normalized spacial score (nSPS) is 10.6. The van der Waals surface area contributed by atoms with Gasteiger partial charge in [-0.15, -0.1) is 11.3 Å². The highest BCUT2D eigenvalue weighted by Crippen LogP contribution is 2.30. The topological polar surface area (TPSA) is 62.3 Å². The Morgan fingerprint density at radius 2 is 2.00 bits per heavy atom. The Morgan fingerprint density at radius 3 is 2.70 bits per heavy atom. The molecular weight excluding hydrogens is 378 g/mol. The van der Waals surface area contributed by atoms with Crippen LogP contribution in [0.4, 0.5) is 5.69 Å². The van der Waals surface area contributed by atoms with Crippen LogP contribution in [-0.4, -0.2) is 35.3 Å². The molecule has 1 aromatic carbocycles. The molecule has 0 saturated heterocycles. The molecule has 27 heavy (non-hydrogen) atoms. The Kier molecular flexibility index (Phi) is 6.03. The quantitative estimate of drug-likeness (QED) is 0.666. The molecule has 0 aliphatic heterocycles. The number of nitrogens with zero attached hydrogens (tertiary/aromatic N) is 2. The molecule has 3 rings (SSSR count). The summed E-state index contributed by atoms with van der Waals surface area (Å²) in [5.41, 5.74) is 3.57. The van der Waals surface area contributed by atoms with Crippen molar-refractivity contribution in [1.82, 2.24) is 9.88 Å². The number of hydrogen-bond acceptors (Lipinski definition) is 5. The van der Waals surface area contributed by atoms with Gasteiger partial charge in [-0.05, 0) is 36.4 Å². The number of aromatic nitrogens is 1. The fourth-order valence-corrected chi connectivity index (χ4v) is 4.48. The van der Waals surface area contributed by atoms with E-state index in [-0.39, 0.29) is 18.4 Å². The van der Waals surface area contributed by atoms with E-state index in [1.807, 2.05) is 54.9 Å². The van der Waals surface area contributed by atoms with Gasteiger partial charge in [0.25, 0.3) is 5.91 Å². The van der Waals surface area contributed by atoms with Crippen LogP contribution in [0.25, 0.3) is 10.6 Å². The van der Waals surface area contributed by atoms with Crippen LogP contribution in [0.5, 0.6) is 0 Å². The van der Waals surface area contributed by atoms with Gasteiger partial charge in [0.1, 0.15) is 9.88 Å². The number of hydrogen-bond donors (Lipinski definition) is 1. The number of aryl methyl sites for hydroxylation is 2. The molecule has 0 saturated carbocycles. The summed E-state index contributed by atoms with van der Waals surface area (Å²) in [6.45, 7) is 3.85. The number of carbonyl (C=O) groups is 2. The minimum Gasteiger partial charge on any atom is -0.332 e. The Bertz CT molecular complexity index is 948. The number of thiophene rings is 1. The van der Waals surface area contributed by atoms with Crippen molar-refractivity contribution in [3.8, 4) is 10.6 Å². The lowest BCUT2D eigenvalue weighted by atomic mass is 10.1. The molecule has 0 aliphatic rings. The summed E-state index contributed by atoms with van der Waals surface area (Å²) in [6, 6.07) is 9.67. The zero-order valence-electron chi connectivity index (χ0n) is 15.5. The van der Waals surface area contributed by atoms with E-state index in [4.69, 9.17) is 0 Å². The van der Waals surface area contributed by atoms with Crippen LogP contribution in [0, 0.1) is 6.92 Å². The molecule has 1 N–H and O–H groups in total. The zero-order chi connectivity index (χ0) is 19.4. The smallest absolute Gasteiger partial charge is 0.266 e. The van der Waals surface area contributed by atoms with Crippen molar-refractivity contribution in [2.45, 2.75) is 20.3 Å². The maximum Gasteiger partial charge on any atom is 0.266 e. The Labute approximate surface area is 166 Å². The van der Waals surface area contributed by atoms with Gasteiger partial charge in [-0.2, -0.15) is 11.3 Å². The SMILES string of the molecule is CCc1ccccc1NC(=O)CN(C)C(=O)c1sc(-c2ccsc2)nc1C. The van der Waals surface area contributed by atoms with E-state index in [1.165, 1.54) is 16.2 Å². The fraction of sp³-hybridized carbons (Fsp3) is 0.250. The van der Waals surface area contributed by atoms with E-state index in [0.717, 1.165) is 28.2 Å². The summed E-state index contributed by atoms with van der Waals surface area (Å²) in [6.07, 6.45) is 0.830. The standard InChI is InChI=1S/C20H21N3O2S2/c1-4-14-7-5-6-8-16(14)22-17(24)11-23(3)20(25)18-13(2)21-19(27-18)15-9-10-26-12-15/h5-10,12H,4,11H2,1-3H3,(H,22,24). The first-order valence-electron chi connectivity index (χ1n) is 8.62. The summed E-state index contributed by atoms with van der Waals surface area (Å²) in [5.74, 6) is -0.405. The van der Waals surface area contributed by atoms with Crippen LogP contribution in [0.15, 0.2) is 41.1 Å². The monoisotopic (exact) mass is 399 g/mol. The van der Waals surface area contributed by atoms with E-state index in [2.05, 4.69) is 10.3 Å². The second-order valence-electron chi connectivity index (χ2n) is 6.17. The maximum absolute atomic E-state index is 12.8. The van der Waals surface area contributed by atoms with Gasteiger partial charge < -0.3 is 10.2 Å². The lowest BCUT2D eigenvalue weighted by molar-refractivity contribution is -0.116. The molecule has 0 bridgehead atoms. The molecule has 0 aliphatic carbocycles. The number of likely N-dealkylation sites (N-methyl/N-ethyl adjacent to an activating group) is 1. The van der Waals surface area contributed by atoms with E-state index in [9.17, 15) is 9.59 Å². The third kappa shape index (κ3) is 4.43. The summed E-state index contributed by atoms with van der Waals surface area (Å²) in [7, 11) is 1.64. The van der Waals surface area contributed by atoms with Crippen LogP contribution < -0.4 is 5.32 Å². The summed E-state index contributed by atoms with van der Waals surface area (Å²) < 4.78 is 0. The van der Waals surface area contributed by atoms with Crippen LogP contribution in [0.2, 0.25) is 0 Å². The van der Waals surface area contributed by atoms with Gasteiger partial charge in [-0.25, -0.2) is 4.98 Å². The number of amides is 2. The largest absolute Gasteiger partial charge is 0.332 e. The summed E-state index contributed by atoms with van der Waals surface area (Å²) in [5, 5.41) is 7.72. The molecule has 2 amide bonds. The predicted octanol–water partition coefficient (Wildman–Crippen LogP) is 4.45. The highest BCUT2D eigenvalue weighted by Gasteiger charge is 2.21.